The molecule has 2 aliphatic rings. The molecule has 0 aromatic heterocycles. The van der Waals surface area contributed by atoms with Crippen LogP contribution in [0.2, 0.25) is 0 Å². The van der Waals surface area contributed by atoms with Gasteiger partial charge in [-0.3, -0.25) is 4.99 Å². The second-order valence-electron chi connectivity index (χ2n) is 10.4. The highest BCUT2D eigenvalue weighted by molar-refractivity contribution is 5.80. The summed E-state index contributed by atoms with van der Waals surface area (Å²) in [6, 6.07) is 0.787. The van der Waals surface area contributed by atoms with E-state index < -0.39 is 5.60 Å². The average Bonchev–Trinajstić information content (AvgIpc) is 2.84. The molecule has 0 aromatic rings. The number of hydrogen-bond acceptors (Lipinski definition) is 4. The fraction of sp³-hybridized carbons (Fsp3) is 0.909. The summed E-state index contributed by atoms with van der Waals surface area (Å²) in [6.45, 7) is 15.8. The Kier molecular flexibility index (Phi) is 7.82. The molecule has 0 aromatic carbocycles. The lowest BCUT2D eigenvalue weighted by atomic mass is 9.89. The van der Waals surface area contributed by atoms with Crippen LogP contribution in [0.1, 0.15) is 74.1 Å². The smallest absolute Gasteiger partial charge is 0.410 e. The molecule has 3 atom stereocenters. The zero-order valence-corrected chi connectivity index (χ0v) is 19.7. The van der Waals surface area contributed by atoms with Crippen LogP contribution in [-0.4, -0.2) is 67.0 Å². The first-order valence-corrected chi connectivity index (χ1v) is 11.0. The molecule has 2 saturated heterocycles. The van der Waals surface area contributed by atoms with Crippen molar-refractivity contribution in [1.82, 2.24) is 15.5 Å². The number of piperidine rings is 1. The number of nitrogens with zero attached hydrogens (tertiary/aromatic N) is 2. The maximum atomic E-state index is 12.6. The van der Waals surface area contributed by atoms with Crippen LogP contribution in [-0.2, 0) is 9.47 Å². The Morgan fingerprint density at radius 3 is 2.17 bits per heavy atom. The van der Waals surface area contributed by atoms with E-state index in [1.807, 2.05) is 25.7 Å². The van der Waals surface area contributed by atoms with E-state index in [1.54, 1.807) is 7.11 Å². The van der Waals surface area contributed by atoms with Gasteiger partial charge in [-0.25, -0.2) is 4.79 Å². The predicted octanol–water partition coefficient (Wildman–Crippen LogP) is 3.53. The minimum Gasteiger partial charge on any atom is -0.444 e. The van der Waals surface area contributed by atoms with Gasteiger partial charge in [0.15, 0.2) is 5.96 Å². The lowest BCUT2D eigenvalue weighted by molar-refractivity contribution is 0.00542. The number of fused-ring (bicyclic) bond motifs is 2. The predicted molar refractivity (Wildman–Crippen MR) is 117 cm³/mol. The van der Waals surface area contributed by atoms with Crippen molar-refractivity contribution in [3.05, 3.63) is 0 Å². The standard InChI is InChI=1S/C22H42N4O3/c1-9-23-19(24-14-18(28-8)21(2,3)4)25-15-12-16-10-11-17(13-15)26(16)20(27)29-22(5,6)7/h15-18H,9-14H2,1-8H3,(H2,23,24,25). The molecule has 2 aliphatic heterocycles. The van der Waals surface area contributed by atoms with Gasteiger partial charge in [-0.15, -0.1) is 0 Å². The summed E-state index contributed by atoms with van der Waals surface area (Å²) >= 11 is 0. The molecule has 2 heterocycles. The maximum absolute atomic E-state index is 12.6. The highest BCUT2D eigenvalue weighted by Gasteiger charge is 2.45. The first kappa shape index (κ1) is 23.8. The molecule has 0 aliphatic carbocycles. The zero-order chi connectivity index (χ0) is 21.8. The number of carbonyl (C=O) groups is 1. The van der Waals surface area contributed by atoms with Crippen LogP contribution < -0.4 is 10.6 Å². The van der Waals surface area contributed by atoms with Gasteiger partial charge in [-0.2, -0.15) is 0 Å². The molecule has 2 fully saturated rings. The van der Waals surface area contributed by atoms with E-state index in [0.717, 1.165) is 38.2 Å². The number of hydrogen-bond donors (Lipinski definition) is 2. The van der Waals surface area contributed by atoms with Gasteiger partial charge in [0, 0.05) is 31.8 Å². The van der Waals surface area contributed by atoms with Crippen molar-refractivity contribution < 1.29 is 14.3 Å². The highest BCUT2D eigenvalue weighted by atomic mass is 16.6. The number of amides is 1. The third-order valence-electron chi connectivity index (χ3n) is 5.69. The van der Waals surface area contributed by atoms with E-state index in [4.69, 9.17) is 14.5 Å². The molecular formula is C22H42N4O3. The molecular weight excluding hydrogens is 368 g/mol. The normalized spacial score (nSPS) is 26.3. The minimum absolute atomic E-state index is 0.0352. The number of nitrogens with one attached hydrogen (secondary N) is 2. The van der Waals surface area contributed by atoms with Crippen molar-refractivity contribution in [3.63, 3.8) is 0 Å². The molecule has 29 heavy (non-hydrogen) atoms. The Bertz CT molecular complexity index is 566. The molecule has 7 heteroatoms. The summed E-state index contributed by atoms with van der Waals surface area (Å²) in [4.78, 5) is 19.4. The van der Waals surface area contributed by atoms with E-state index >= 15 is 0 Å². The van der Waals surface area contributed by atoms with Gasteiger partial charge in [0.2, 0.25) is 0 Å². The SMILES string of the molecule is CCNC(=NCC(OC)C(C)(C)C)NC1CC2CCC(C1)N2C(=O)OC(C)(C)C. The van der Waals surface area contributed by atoms with Crippen molar-refractivity contribution in [1.29, 1.82) is 0 Å². The summed E-state index contributed by atoms with van der Waals surface area (Å²) in [5, 5.41) is 6.95. The van der Waals surface area contributed by atoms with E-state index in [2.05, 4.69) is 38.3 Å². The Hall–Kier alpha value is -1.50. The Labute approximate surface area is 177 Å². The second kappa shape index (κ2) is 9.54. The number of aliphatic imine (C=N–C) groups is 1. The molecule has 0 radical (unpaired) electrons. The topological polar surface area (TPSA) is 75.2 Å². The van der Waals surface area contributed by atoms with Crippen molar-refractivity contribution in [2.75, 3.05) is 20.2 Å². The molecule has 2 rings (SSSR count). The highest BCUT2D eigenvalue weighted by Crippen LogP contribution is 2.36. The molecule has 2 N–H and O–H groups in total. The minimum atomic E-state index is -0.457. The summed E-state index contributed by atoms with van der Waals surface area (Å²) in [7, 11) is 1.75. The average molecular weight is 411 g/mol. The van der Waals surface area contributed by atoms with Gasteiger partial charge < -0.3 is 25.0 Å². The van der Waals surface area contributed by atoms with Crippen molar-refractivity contribution >= 4 is 12.1 Å². The van der Waals surface area contributed by atoms with Crippen LogP contribution in [0.5, 0.6) is 0 Å². The molecule has 0 spiro atoms. The van der Waals surface area contributed by atoms with Gasteiger partial charge in [0.05, 0.1) is 12.6 Å². The number of methoxy groups -OCH3 is 1. The van der Waals surface area contributed by atoms with Crippen LogP contribution >= 0.6 is 0 Å². The monoisotopic (exact) mass is 410 g/mol. The summed E-state index contributed by atoms with van der Waals surface area (Å²) in [6.07, 6.45) is 3.83. The van der Waals surface area contributed by atoms with E-state index in [1.165, 1.54) is 0 Å². The molecule has 168 valence electrons. The quantitative estimate of drug-likeness (QED) is 0.536. The molecule has 0 saturated carbocycles. The third kappa shape index (κ3) is 6.76. The fourth-order valence-corrected chi connectivity index (χ4v) is 4.30. The number of guanidine groups is 1. The summed E-state index contributed by atoms with van der Waals surface area (Å²) in [5.41, 5.74) is -0.422. The zero-order valence-electron chi connectivity index (χ0n) is 19.7. The fourth-order valence-electron chi connectivity index (χ4n) is 4.30. The van der Waals surface area contributed by atoms with Crippen molar-refractivity contribution in [3.8, 4) is 0 Å². The lowest BCUT2D eigenvalue weighted by Crippen LogP contribution is -2.55. The number of ether oxygens (including phenoxy) is 2. The molecule has 1 amide bonds. The van der Waals surface area contributed by atoms with Gasteiger partial charge in [-0.1, -0.05) is 20.8 Å². The lowest BCUT2D eigenvalue weighted by Gasteiger charge is -2.40. The maximum Gasteiger partial charge on any atom is 0.410 e. The third-order valence-corrected chi connectivity index (χ3v) is 5.69. The van der Waals surface area contributed by atoms with Gasteiger partial charge >= 0.3 is 6.09 Å². The first-order chi connectivity index (χ1) is 13.4. The van der Waals surface area contributed by atoms with Crippen LogP contribution in [0.15, 0.2) is 4.99 Å². The van der Waals surface area contributed by atoms with Crippen molar-refractivity contribution in [2.24, 2.45) is 10.4 Å². The van der Waals surface area contributed by atoms with E-state index in [9.17, 15) is 4.79 Å². The Balaban J connectivity index is 1.99. The van der Waals surface area contributed by atoms with Crippen LogP contribution in [0.3, 0.4) is 0 Å². The number of rotatable bonds is 5. The van der Waals surface area contributed by atoms with Crippen LogP contribution in [0.25, 0.3) is 0 Å². The summed E-state index contributed by atoms with van der Waals surface area (Å²) < 4.78 is 11.3. The van der Waals surface area contributed by atoms with Crippen molar-refractivity contribution in [2.45, 2.75) is 104 Å². The van der Waals surface area contributed by atoms with Crippen LogP contribution in [0, 0.1) is 5.41 Å². The van der Waals surface area contributed by atoms with E-state index in [0.29, 0.717) is 12.6 Å². The Morgan fingerprint density at radius 1 is 1.14 bits per heavy atom. The van der Waals surface area contributed by atoms with Gasteiger partial charge in [0.25, 0.3) is 0 Å². The Morgan fingerprint density at radius 2 is 1.72 bits per heavy atom. The number of carbonyl (C=O) groups excluding carboxylic acids is 1. The molecule has 2 bridgehead atoms. The molecule has 7 nitrogen and oxygen atoms in total. The second-order valence-corrected chi connectivity index (χ2v) is 10.4. The molecule has 3 unspecified atom stereocenters. The first-order valence-electron chi connectivity index (χ1n) is 11.0. The van der Waals surface area contributed by atoms with Crippen LogP contribution in [0.4, 0.5) is 4.79 Å². The van der Waals surface area contributed by atoms with E-state index in [-0.39, 0.29) is 29.7 Å². The summed E-state index contributed by atoms with van der Waals surface area (Å²) in [5.74, 6) is 0.828. The largest absolute Gasteiger partial charge is 0.444 e. The van der Waals surface area contributed by atoms with Gasteiger partial charge in [0.1, 0.15) is 5.60 Å². The van der Waals surface area contributed by atoms with Gasteiger partial charge in [-0.05, 0) is 58.8 Å².